The molecular weight excluding hydrogens is 333 g/mol. The Morgan fingerprint density at radius 2 is 1.91 bits per heavy atom. The van der Waals surface area contributed by atoms with Crippen molar-refractivity contribution in [3.63, 3.8) is 0 Å². The van der Waals surface area contributed by atoms with Gasteiger partial charge in [0.25, 0.3) is 0 Å². The fraction of sp³-hybridized carbons (Fsp3) is 0.571. The maximum absolute atomic E-state index is 12.7. The first-order valence-electron chi connectivity index (χ1n) is 7.36. The summed E-state index contributed by atoms with van der Waals surface area (Å²) >= 11 is 0. The minimum Gasteiger partial charge on any atom is -0.406 e. The second kappa shape index (κ2) is 5.95. The molecule has 0 amide bonds. The molecule has 1 N–H and O–H groups in total. The molecule has 0 aromatic heterocycles. The third-order valence-corrected chi connectivity index (χ3v) is 6.02. The number of ether oxygens (including phenoxy) is 1. The zero-order valence-corrected chi connectivity index (χ0v) is 13.0. The normalized spacial score (nSPS) is 26.0. The van der Waals surface area contributed by atoms with Gasteiger partial charge in [0.05, 0.1) is 4.90 Å². The Bertz CT molecular complexity index is 678. The lowest BCUT2D eigenvalue weighted by molar-refractivity contribution is -0.274. The molecule has 3 rings (SSSR count). The summed E-state index contributed by atoms with van der Waals surface area (Å²) in [7, 11) is -3.84. The van der Waals surface area contributed by atoms with E-state index in [0.717, 1.165) is 25.0 Å². The van der Waals surface area contributed by atoms with Crippen molar-refractivity contribution >= 4 is 10.0 Å². The van der Waals surface area contributed by atoms with Crippen LogP contribution in [0.15, 0.2) is 29.2 Å². The molecule has 2 aliphatic heterocycles. The minimum absolute atomic E-state index is 0.104. The summed E-state index contributed by atoms with van der Waals surface area (Å²) < 4.78 is 67.4. The highest BCUT2D eigenvalue weighted by Crippen LogP contribution is 2.28. The number of fused-ring (bicyclic) bond motifs is 2. The van der Waals surface area contributed by atoms with Crippen LogP contribution in [-0.2, 0) is 10.0 Å². The molecule has 5 nitrogen and oxygen atoms in total. The number of hydrogen-bond donors (Lipinski definition) is 1. The van der Waals surface area contributed by atoms with E-state index in [1.807, 2.05) is 0 Å². The average Bonchev–Trinajstić information content (AvgIpc) is 2.76. The van der Waals surface area contributed by atoms with Crippen molar-refractivity contribution in [1.82, 2.24) is 9.62 Å². The van der Waals surface area contributed by atoms with Crippen LogP contribution in [0.4, 0.5) is 13.2 Å². The second-order valence-corrected chi connectivity index (χ2v) is 7.75. The van der Waals surface area contributed by atoms with Crippen molar-refractivity contribution in [2.45, 2.75) is 42.6 Å². The van der Waals surface area contributed by atoms with E-state index >= 15 is 0 Å². The molecule has 23 heavy (non-hydrogen) atoms. The summed E-state index contributed by atoms with van der Waals surface area (Å²) in [5.74, 6) is -0.534. The SMILES string of the molecule is O=S(=O)(c1cccc(OC(F)(F)F)c1)N1CCC2CCC(C1)N2. The molecule has 9 heteroatoms. The first-order chi connectivity index (χ1) is 10.7. The van der Waals surface area contributed by atoms with Gasteiger partial charge in [-0.1, -0.05) is 6.07 Å². The number of halogens is 3. The van der Waals surface area contributed by atoms with Gasteiger partial charge in [-0.3, -0.25) is 0 Å². The number of sulfonamides is 1. The molecule has 2 bridgehead atoms. The number of alkyl halides is 3. The predicted molar refractivity (Wildman–Crippen MR) is 76.4 cm³/mol. The number of nitrogens with one attached hydrogen (secondary N) is 1. The molecule has 2 aliphatic rings. The molecule has 2 saturated heterocycles. The Hall–Kier alpha value is -1.32. The van der Waals surface area contributed by atoms with Crippen molar-refractivity contribution in [3.05, 3.63) is 24.3 Å². The Labute approximate surface area is 132 Å². The smallest absolute Gasteiger partial charge is 0.406 e. The van der Waals surface area contributed by atoms with Gasteiger partial charge in [0, 0.05) is 31.2 Å². The minimum atomic E-state index is -4.85. The van der Waals surface area contributed by atoms with Gasteiger partial charge < -0.3 is 10.1 Å². The van der Waals surface area contributed by atoms with E-state index in [0.29, 0.717) is 25.6 Å². The van der Waals surface area contributed by atoms with E-state index in [9.17, 15) is 21.6 Å². The maximum atomic E-state index is 12.7. The lowest BCUT2D eigenvalue weighted by Crippen LogP contribution is -2.39. The van der Waals surface area contributed by atoms with Crippen LogP contribution in [0.25, 0.3) is 0 Å². The summed E-state index contributed by atoms with van der Waals surface area (Å²) in [6.07, 6.45) is -2.20. The van der Waals surface area contributed by atoms with Crippen LogP contribution < -0.4 is 10.1 Å². The molecule has 2 unspecified atom stereocenters. The number of nitrogens with zero attached hydrogens (tertiary/aromatic N) is 1. The van der Waals surface area contributed by atoms with Gasteiger partial charge in [0.2, 0.25) is 10.0 Å². The van der Waals surface area contributed by atoms with Gasteiger partial charge in [-0.25, -0.2) is 8.42 Å². The summed E-state index contributed by atoms with van der Waals surface area (Å²) in [6.45, 7) is 0.698. The van der Waals surface area contributed by atoms with Crippen molar-refractivity contribution in [2.24, 2.45) is 0 Å². The predicted octanol–water partition coefficient (Wildman–Crippen LogP) is 2.10. The molecule has 0 aliphatic carbocycles. The van der Waals surface area contributed by atoms with Crippen molar-refractivity contribution in [2.75, 3.05) is 13.1 Å². The molecule has 128 valence electrons. The van der Waals surface area contributed by atoms with E-state index in [4.69, 9.17) is 0 Å². The van der Waals surface area contributed by atoms with Gasteiger partial charge in [0.1, 0.15) is 5.75 Å². The molecular formula is C14H17F3N2O3S. The highest BCUT2D eigenvalue weighted by Gasteiger charge is 2.36. The quantitative estimate of drug-likeness (QED) is 0.907. The zero-order valence-electron chi connectivity index (χ0n) is 12.2. The van der Waals surface area contributed by atoms with Crippen molar-refractivity contribution in [1.29, 1.82) is 0 Å². The largest absolute Gasteiger partial charge is 0.573 e. The monoisotopic (exact) mass is 350 g/mol. The molecule has 2 heterocycles. The molecule has 0 saturated carbocycles. The van der Waals surface area contributed by atoms with Crippen molar-refractivity contribution < 1.29 is 26.3 Å². The van der Waals surface area contributed by atoms with E-state index in [-0.39, 0.29) is 10.9 Å². The number of benzene rings is 1. The first-order valence-corrected chi connectivity index (χ1v) is 8.80. The maximum Gasteiger partial charge on any atom is 0.573 e. The lowest BCUT2D eigenvalue weighted by atomic mass is 10.1. The van der Waals surface area contributed by atoms with Crippen LogP contribution in [0.3, 0.4) is 0 Å². The highest BCUT2D eigenvalue weighted by molar-refractivity contribution is 7.89. The van der Waals surface area contributed by atoms with E-state index in [1.165, 1.54) is 16.4 Å². The Balaban J connectivity index is 1.83. The van der Waals surface area contributed by atoms with E-state index < -0.39 is 22.1 Å². The molecule has 1 aromatic rings. The molecule has 0 radical (unpaired) electrons. The van der Waals surface area contributed by atoms with Gasteiger partial charge in [-0.15, -0.1) is 13.2 Å². The van der Waals surface area contributed by atoms with Gasteiger partial charge in [-0.2, -0.15) is 4.31 Å². The third-order valence-electron chi connectivity index (χ3n) is 4.16. The Morgan fingerprint density at radius 1 is 1.17 bits per heavy atom. The lowest BCUT2D eigenvalue weighted by Gasteiger charge is -2.24. The fourth-order valence-corrected chi connectivity index (χ4v) is 4.65. The van der Waals surface area contributed by atoms with Gasteiger partial charge in [0.15, 0.2) is 0 Å². The highest BCUT2D eigenvalue weighted by atomic mass is 32.2. The van der Waals surface area contributed by atoms with Crippen LogP contribution >= 0.6 is 0 Å². The molecule has 2 atom stereocenters. The summed E-state index contributed by atoms with van der Waals surface area (Å²) in [4.78, 5) is -0.183. The number of rotatable bonds is 3. The van der Waals surface area contributed by atoms with Crippen LogP contribution in [-0.4, -0.2) is 44.3 Å². The summed E-state index contributed by atoms with van der Waals surface area (Å²) in [5, 5.41) is 3.37. The van der Waals surface area contributed by atoms with Crippen molar-refractivity contribution in [3.8, 4) is 5.75 Å². The fourth-order valence-electron chi connectivity index (χ4n) is 3.11. The average molecular weight is 350 g/mol. The zero-order chi connectivity index (χ0) is 16.7. The van der Waals surface area contributed by atoms with Crippen LogP contribution in [0.1, 0.15) is 19.3 Å². The van der Waals surface area contributed by atoms with Crippen LogP contribution in [0, 0.1) is 0 Å². The number of hydrogen-bond acceptors (Lipinski definition) is 4. The molecule has 1 aromatic carbocycles. The third kappa shape index (κ3) is 3.78. The van der Waals surface area contributed by atoms with Gasteiger partial charge in [-0.05, 0) is 31.4 Å². The molecule has 2 fully saturated rings. The van der Waals surface area contributed by atoms with E-state index in [2.05, 4.69) is 10.1 Å². The van der Waals surface area contributed by atoms with Crippen LogP contribution in [0.2, 0.25) is 0 Å². The standard InChI is InChI=1S/C14H17F3N2O3S/c15-14(16,17)22-12-2-1-3-13(8-12)23(20,21)19-7-6-10-4-5-11(9-19)18-10/h1-3,8,10-11,18H,4-7,9H2. The Morgan fingerprint density at radius 3 is 2.65 bits per heavy atom. The topological polar surface area (TPSA) is 58.6 Å². The van der Waals surface area contributed by atoms with Gasteiger partial charge >= 0.3 is 6.36 Å². The Kier molecular flexibility index (Phi) is 4.28. The van der Waals surface area contributed by atoms with E-state index in [1.54, 1.807) is 0 Å². The van der Waals surface area contributed by atoms with Crippen LogP contribution in [0.5, 0.6) is 5.75 Å². The summed E-state index contributed by atoms with van der Waals surface area (Å²) in [5.41, 5.74) is 0. The molecule has 0 spiro atoms. The second-order valence-electron chi connectivity index (χ2n) is 5.81. The first kappa shape index (κ1) is 16.5. The summed E-state index contributed by atoms with van der Waals surface area (Å²) in [6, 6.07) is 4.95.